The summed E-state index contributed by atoms with van der Waals surface area (Å²) in [6.07, 6.45) is 1.09. The second-order valence-corrected chi connectivity index (χ2v) is 5.30. The molecule has 2 atom stereocenters. The molecule has 0 radical (unpaired) electrons. The Bertz CT molecular complexity index is 382. The zero-order valence-corrected chi connectivity index (χ0v) is 9.69. The van der Waals surface area contributed by atoms with Gasteiger partial charge in [0.25, 0.3) is 0 Å². The maximum absolute atomic E-state index is 5.58. The maximum Gasteiger partial charge on any atom is 0.230 e. The van der Waals surface area contributed by atoms with Crippen LogP contribution in [0.2, 0.25) is 0 Å². The summed E-state index contributed by atoms with van der Waals surface area (Å²) in [5.74, 6) is 1.89. The third-order valence-corrected chi connectivity index (χ3v) is 3.48. The van der Waals surface area contributed by atoms with Crippen molar-refractivity contribution in [2.75, 3.05) is 19.7 Å². The number of hydrogen-bond donors (Lipinski definition) is 1. The monoisotopic (exact) mass is 223 g/mol. The smallest absolute Gasteiger partial charge is 0.230 e. The highest BCUT2D eigenvalue weighted by molar-refractivity contribution is 5.13. The van der Waals surface area contributed by atoms with E-state index in [0.29, 0.717) is 23.8 Å². The van der Waals surface area contributed by atoms with E-state index in [1.54, 1.807) is 0 Å². The minimum atomic E-state index is -0.0480. The van der Waals surface area contributed by atoms with Crippen LogP contribution in [0.1, 0.15) is 44.0 Å². The number of nitrogens with zero attached hydrogens (tertiary/aromatic N) is 2. The predicted molar refractivity (Wildman–Crippen MR) is 57.0 cm³/mol. The van der Waals surface area contributed by atoms with E-state index in [0.717, 1.165) is 25.4 Å². The maximum atomic E-state index is 5.58. The van der Waals surface area contributed by atoms with Gasteiger partial charge in [0.15, 0.2) is 0 Å². The Morgan fingerprint density at radius 3 is 2.88 bits per heavy atom. The van der Waals surface area contributed by atoms with Gasteiger partial charge in [0.1, 0.15) is 6.10 Å². The number of rotatable bonds is 2. The molecule has 5 nitrogen and oxygen atoms in total. The molecule has 88 valence electrons. The van der Waals surface area contributed by atoms with Crippen molar-refractivity contribution in [3.8, 4) is 0 Å². The van der Waals surface area contributed by atoms with Gasteiger partial charge in [-0.1, -0.05) is 19.0 Å². The number of morpholine rings is 1. The molecule has 1 aliphatic heterocycles. The summed E-state index contributed by atoms with van der Waals surface area (Å²) in [7, 11) is 0. The lowest BCUT2D eigenvalue weighted by Gasteiger charge is -2.20. The van der Waals surface area contributed by atoms with E-state index in [9.17, 15) is 0 Å². The van der Waals surface area contributed by atoms with Crippen molar-refractivity contribution >= 4 is 0 Å². The molecule has 1 aromatic heterocycles. The van der Waals surface area contributed by atoms with Crippen LogP contribution in [-0.2, 0) is 4.74 Å². The Labute approximate surface area is 94.6 Å². The molecule has 1 saturated carbocycles. The first kappa shape index (κ1) is 10.2. The fourth-order valence-electron chi connectivity index (χ4n) is 2.14. The second-order valence-electron chi connectivity index (χ2n) is 5.30. The lowest BCUT2D eigenvalue weighted by Crippen LogP contribution is -2.33. The summed E-state index contributed by atoms with van der Waals surface area (Å²) in [6.45, 7) is 6.83. The van der Waals surface area contributed by atoms with Crippen molar-refractivity contribution in [1.82, 2.24) is 15.5 Å². The van der Waals surface area contributed by atoms with Crippen molar-refractivity contribution in [1.29, 1.82) is 0 Å². The van der Waals surface area contributed by atoms with Gasteiger partial charge in [-0.2, -0.15) is 4.98 Å². The van der Waals surface area contributed by atoms with Crippen molar-refractivity contribution in [3.05, 3.63) is 11.7 Å². The molecule has 0 aromatic carbocycles. The molecule has 0 spiro atoms. The SMILES string of the molecule is CC1(C)CC1c1nc(C2CNCCO2)no1. The van der Waals surface area contributed by atoms with Gasteiger partial charge in [0.2, 0.25) is 11.7 Å². The van der Waals surface area contributed by atoms with Crippen LogP contribution < -0.4 is 5.32 Å². The molecule has 0 amide bonds. The molecule has 5 heteroatoms. The summed E-state index contributed by atoms with van der Waals surface area (Å²) < 4.78 is 10.9. The Hall–Kier alpha value is -0.940. The molecule has 1 aromatic rings. The number of ether oxygens (including phenoxy) is 1. The third kappa shape index (κ3) is 1.74. The first-order valence-corrected chi connectivity index (χ1v) is 5.83. The van der Waals surface area contributed by atoms with Crippen LogP contribution in [0.5, 0.6) is 0 Å². The largest absolute Gasteiger partial charge is 0.367 e. The summed E-state index contributed by atoms with van der Waals surface area (Å²) >= 11 is 0. The van der Waals surface area contributed by atoms with Crippen LogP contribution in [-0.4, -0.2) is 29.8 Å². The van der Waals surface area contributed by atoms with Crippen molar-refractivity contribution in [2.24, 2.45) is 5.41 Å². The van der Waals surface area contributed by atoms with Crippen molar-refractivity contribution in [3.63, 3.8) is 0 Å². The number of aromatic nitrogens is 2. The first-order valence-electron chi connectivity index (χ1n) is 5.83. The molecule has 1 saturated heterocycles. The van der Waals surface area contributed by atoms with Gasteiger partial charge in [0.05, 0.1) is 6.61 Å². The van der Waals surface area contributed by atoms with E-state index in [2.05, 4.69) is 29.3 Å². The molecule has 1 aliphatic carbocycles. The molecule has 3 rings (SSSR count). The van der Waals surface area contributed by atoms with Gasteiger partial charge >= 0.3 is 0 Å². The highest BCUT2D eigenvalue weighted by Crippen LogP contribution is 2.58. The molecule has 2 aliphatic rings. The molecule has 2 unspecified atom stereocenters. The number of nitrogens with one attached hydrogen (secondary N) is 1. The summed E-state index contributed by atoms with van der Waals surface area (Å²) in [5.41, 5.74) is 0.329. The van der Waals surface area contributed by atoms with Gasteiger partial charge in [-0.3, -0.25) is 0 Å². The minimum Gasteiger partial charge on any atom is -0.367 e. The van der Waals surface area contributed by atoms with Gasteiger partial charge in [-0.15, -0.1) is 0 Å². The van der Waals surface area contributed by atoms with Crippen LogP contribution in [0.25, 0.3) is 0 Å². The van der Waals surface area contributed by atoms with Crippen LogP contribution in [0, 0.1) is 5.41 Å². The zero-order valence-electron chi connectivity index (χ0n) is 9.69. The molecule has 2 fully saturated rings. The molecular formula is C11H17N3O2. The van der Waals surface area contributed by atoms with Gasteiger partial charge in [-0.05, 0) is 11.8 Å². The van der Waals surface area contributed by atoms with E-state index in [1.165, 1.54) is 0 Å². The topological polar surface area (TPSA) is 60.2 Å². The lowest BCUT2D eigenvalue weighted by atomic mass is 10.1. The van der Waals surface area contributed by atoms with Crippen LogP contribution in [0.3, 0.4) is 0 Å². The van der Waals surface area contributed by atoms with Crippen LogP contribution in [0.15, 0.2) is 4.52 Å². The molecule has 2 heterocycles. The average Bonchev–Trinajstić information content (AvgIpc) is 2.76. The normalized spacial score (nSPS) is 32.6. The zero-order chi connectivity index (χ0) is 11.2. The second kappa shape index (κ2) is 3.53. The molecule has 0 bridgehead atoms. The summed E-state index contributed by atoms with van der Waals surface area (Å²) in [5, 5.41) is 7.27. The predicted octanol–water partition coefficient (Wildman–Crippen LogP) is 1.24. The fourth-order valence-corrected chi connectivity index (χ4v) is 2.14. The van der Waals surface area contributed by atoms with Gasteiger partial charge < -0.3 is 14.6 Å². The highest BCUT2D eigenvalue weighted by Gasteiger charge is 2.50. The van der Waals surface area contributed by atoms with Gasteiger partial charge in [0, 0.05) is 19.0 Å². The summed E-state index contributed by atoms with van der Waals surface area (Å²) in [4.78, 5) is 4.45. The van der Waals surface area contributed by atoms with E-state index < -0.39 is 0 Å². The quantitative estimate of drug-likeness (QED) is 0.817. The van der Waals surface area contributed by atoms with Crippen molar-refractivity contribution in [2.45, 2.75) is 32.3 Å². The van der Waals surface area contributed by atoms with Crippen molar-refractivity contribution < 1.29 is 9.26 Å². The van der Waals surface area contributed by atoms with Crippen LogP contribution >= 0.6 is 0 Å². The van der Waals surface area contributed by atoms with E-state index in [4.69, 9.17) is 9.26 Å². The third-order valence-electron chi connectivity index (χ3n) is 3.48. The first-order chi connectivity index (χ1) is 7.67. The Morgan fingerprint density at radius 2 is 2.25 bits per heavy atom. The minimum absolute atomic E-state index is 0.0480. The van der Waals surface area contributed by atoms with E-state index >= 15 is 0 Å². The van der Waals surface area contributed by atoms with Crippen LogP contribution in [0.4, 0.5) is 0 Å². The van der Waals surface area contributed by atoms with Gasteiger partial charge in [-0.25, -0.2) is 0 Å². The number of hydrogen-bond acceptors (Lipinski definition) is 5. The average molecular weight is 223 g/mol. The Kier molecular flexibility index (Phi) is 2.26. The van der Waals surface area contributed by atoms with E-state index in [-0.39, 0.29) is 6.10 Å². The fraction of sp³-hybridized carbons (Fsp3) is 0.818. The lowest BCUT2D eigenvalue weighted by molar-refractivity contribution is 0.0208. The standard InChI is InChI=1S/C11H17N3O2/c1-11(2)5-7(11)10-13-9(14-16-10)8-6-12-3-4-15-8/h7-8,12H,3-6H2,1-2H3. The molecular weight excluding hydrogens is 206 g/mol. The molecule has 1 N–H and O–H groups in total. The molecule has 16 heavy (non-hydrogen) atoms. The summed E-state index contributed by atoms with van der Waals surface area (Å²) in [6, 6.07) is 0. The Morgan fingerprint density at radius 1 is 1.44 bits per heavy atom. The highest BCUT2D eigenvalue weighted by atomic mass is 16.5. The Balaban J connectivity index is 1.72. The van der Waals surface area contributed by atoms with E-state index in [1.807, 2.05) is 0 Å².